The van der Waals surface area contributed by atoms with Crippen LogP contribution in [0.2, 0.25) is 5.02 Å². The van der Waals surface area contributed by atoms with E-state index >= 15 is 0 Å². The molecule has 3 nitrogen and oxygen atoms in total. The van der Waals surface area contributed by atoms with E-state index in [1.165, 1.54) is 19.2 Å². The van der Waals surface area contributed by atoms with Crippen LogP contribution in [0.1, 0.15) is 21.8 Å². The van der Waals surface area contributed by atoms with Crippen LogP contribution in [0, 0.1) is 17.1 Å². The number of Topliss-reactive ketones (excluding diaryl/α,β-unsaturated/α-hetero) is 1. The van der Waals surface area contributed by atoms with Crippen LogP contribution in [0.15, 0.2) is 42.5 Å². The highest BCUT2D eigenvalue weighted by Gasteiger charge is 2.24. The van der Waals surface area contributed by atoms with Gasteiger partial charge in [0.2, 0.25) is 0 Å². The van der Waals surface area contributed by atoms with Gasteiger partial charge in [0.05, 0.1) is 18.7 Å². The third kappa shape index (κ3) is 3.21. The molecule has 0 fully saturated rings. The van der Waals surface area contributed by atoms with Gasteiger partial charge in [-0.3, -0.25) is 4.79 Å². The lowest BCUT2D eigenvalue weighted by atomic mass is 9.91. The summed E-state index contributed by atoms with van der Waals surface area (Å²) < 4.78 is 18.8. The van der Waals surface area contributed by atoms with Gasteiger partial charge < -0.3 is 4.74 Å². The van der Waals surface area contributed by atoms with Crippen molar-refractivity contribution in [3.05, 3.63) is 64.4 Å². The predicted molar refractivity (Wildman–Crippen MR) is 77.1 cm³/mol. The molecule has 0 aromatic heterocycles. The number of rotatable bonds is 4. The van der Waals surface area contributed by atoms with E-state index in [-0.39, 0.29) is 10.6 Å². The van der Waals surface area contributed by atoms with Gasteiger partial charge in [0.25, 0.3) is 0 Å². The maximum Gasteiger partial charge on any atom is 0.187 e. The van der Waals surface area contributed by atoms with E-state index in [2.05, 4.69) is 0 Å². The lowest BCUT2D eigenvalue weighted by Crippen LogP contribution is -2.13. The summed E-state index contributed by atoms with van der Waals surface area (Å²) in [6.07, 6.45) is 0. The second-order valence-corrected chi connectivity index (χ2v) is 4.76. The van der Waals surface area contributed by atoms with Gasteiger partial charge in [-0.2, -0.15) is 5.26 Å². The molecule has 0 aliphatic heterocycles. The van der Waals surface area contributed by atoms with Crippen LogP contribution >= 0.6 is 11.6 Å². The minimum Gasteiger partial charge on any atom is -0.497 e. The molecule has 0 heterocycles. The van der Waals surface area contributed by atoms with E-state index in [1.807, 2.05) is 6.07 Å². The minimum atomic E-state index is -1.08. The van der Waals surface area contributed by atoms with Gasteiger partial charge in [-0.15, -0.1) is 0 Å². The zero-order chi connectivity index (χ0) is 15.4. The number of nitrogens with zero attached hydrogens (tertiary/aromatic N) is 1. The zero-order valence-electron chi connectivity index (χ0n) is 11.1. The largest absolute Gasteiger partial charge is 0.497 e. The Morgan fingerprint density at radius 3 is 2.48 bits per heavy atom. The normalized spacial score (nSPS) is 11.5. The van der Waals surface area contributed by atoms with Gasteiger partial charge in [-0.1, -0.05) is 23.7 Å². The number of ketones is 1. The number of carbonyl (C=O) groups is 1. The van der Waals surface area contributed by atoms with Crippen molar-refractivity contribution in [2.75, 3.05) is 7.11 Å². The fourth-order valence-corrected chi connectivity index (χ4v) is 2.08. The number of benzene rings is 2. The Morgan fingerprint density at radius 2 is 1.95 bits per heavy atom. The Bertz CT molecular complexity index is 707. The van der Waals surface area contributed by atoms with Crippen LogP contribution in [0.4, 0.5) is 4.39 Å². The van der Waals surface area contributed by atoms with E-state index in [9.17, 15) is 14.4 Å². The number of hydrogen-bond donors (Lipinski definition) is 0. The van der Waals surface area contributed by atoms with Gasteiger partial charge in [0, 0.05) is 5.02 Å². The fraction of sp³-hybridized carbons (Fsp3) is 0.125. The zero-order valence-corrected chi connectivity index (χ0v) is 11.9. The van der Waals surface area contributed by atoms with Crippen LogP contribution in [0.3, 0.4) is 0 Å². The summed E-state index contributed by atoms with van der Waals surface area (Å²) in [6, 6.07) is 12.2. The Morgan fingerprint density at radius 1 is 1.29 bits per heavy atom. The molecule has 0 N–H and O–H groups in total. The molecule has 106 valence electrons. The number of halogens is 2. The first-order valence-electron chi connectivity index (χ1n) is 6.09. The van der Waals surface area contributed by atoms with E-state index in [0.29, 0.717) is 11.3 Å². The smallest absolute Gasteiger partial charge is 0.187 e. The summed E-state index contributed by atoms with van der Waals surface area (Å²) in [7, 11) is 1.52. The Labute approximate surface area is 126 Å². The summed E-state index contributed by atoms with van der Waals surface area (Å²) in [6.45, 7) is 0. The van der Waals surface area contributed by atoms with Crippen molar-refractivity contribution in [3.63, 3.8) is 0 Å². The molecule has 0 amide bonds. The van der Waals surface area contributed by atoms with Crippen molar-refractivity contribution >= 4 is 17.4 Å². The number of nitriles is 1. The molecule has 0 aliphatic rings. The molecular weight excluding hydrogens is 293 g/mol. The highest BCUT2D eigenvalue weighted by Crippen LogP contribution is 2.25. The number of ether oxygens (including phenoxy) is 1. The molecule has 0 saturated heterocycles. The molecule has 0 aliphatic carbocycles. The Kier molecular flexibility index (Phi) is 4.56. The monoisotopic (exact) mass is 303 g/mol. The third-order valence-corrected chi connectivity index (χ3v) is 3.27. The van der Waals surface area contributed by atoms with Gasteiger partial charge in [-0.25, -0.2) is 4.39 Å². The average molecular weight is 304 g/mol. The Hall–Kier alpha value is -2.38. The third-order valence-electron chi connectivity index (χ3n) is 3.04. The summed E-state index contributed by atoms with van der Waals surface area (Å²) in [5.74, 6) is -1.80. The van der Waals surface area contributed by atoms with Gasteiger partial charge >= 0.3 is 0 Å². The SMILES string of the molecule is COc1ccc(C(C#N)C(=O)c2ccc(Cl)cc2F)cc1. The van der Waals surface area contributed by atoms with Crippen molar-refractivity contribution in [2.24, 2.45) is 0 Å². The lowest BCUT2D eigenvalue weighted by molar-refractivity contribution is 0.0975. The standard InChI is InChI=1S/C16H11ClFNO2/c1-21-12-5-2-10(3-6-12)14(9-19)16(20)13-7-4-11(17)8-15(13)18/h2-8,14H,1H3. The molecule has 0 saturated carbocycles. The molecular formula is C16H11ClFNO2. The molecule has 2 aromatic rings. The molecule has 0 radical (unpaired) electrons. The van der Waals surface area contributed by atoms with Gasteiger partial charge in [0.15, 0.2) is 5.78 Å². The highest BCUT2D eigenvalue weighted by molar-refractivity contribution is 6.30. The van der Waals surface area contributed by atoms with Crippen molar-refractivity contribution in [3.8, 4) is 11.8 Å². The van der Waals surface area contributed by atoms with Gasteiger partial charge in [-0.05, 0) is 35.9 Å². The van der Waals surface area contributed by atoms with E-state index < -0.39 is 17.5 Å². The van der Waals surface area contributed by atoms with E-state index in [4.69, 9.17) is 16.3 Å². The quantitative estimate of drug-likeness (QED) is 0.803. The molecule has 1 unspecified atom stereocenters. The molecule has 2 rings (SSSR count). The van der Waals surface area contributed by atoms with Crippen LogP contribution in [-0.4, -0.2) is 12.9 Å². The first kappa shape index (κ1) is 15.0. The minimum absolute atomic E-state index is 0.151. The van der Waals surface area contributed by atoms with Crippen molar-refractivity contribution in [2.45, 2.75) is 5.92 Å². The van der Waals surface area contributed by atoms with E-state index in [1.54, 1.807) is 24.3 Å². The lowest BCUT2D eigenvalue weighted by Gasteiger charge is -2.10. The van der Waals surface area contributed by atoms with Crippen molar-refractivity contribution in [1.29, 1.82) is 5.26 Å². The summed E-state index contributed by atoms with van der Waals surface area (Å²) in [5, 5.41) is 9.43. The first-order chi connectivity index (χ1) is 10.1. The second-order valence-electron chi connectivity index (χ2n) is 4.32. The van der Waals surface area contributed by atoms with Crippen LogP contribution in [-0.2, 0) is 0 Å². The predicted octanol–water partition coefficient (Wildman–Crippen LogP) is 3.98. The highest BCUT2D eigenvalue weighted by atomic mass is 35.5. The topological polar surface area (TPSA) is 50.1 Å². The molecule has 5 heteroatoms. The van der Waals surface area contributed by atoms with Crippen LogP contribution in [0.5, 0.6) is 5.75 Å². The fourth-order valence-electron chi connectivity index (χ4n) is 1.93. The average Bonchev–Trinajstić information content (AvgIpc) is 2.48. The molecule has 0 spiro atoms. The number of carbonyl (C=O) groups excluding carboxylic acids is 1. The number of methoxy groups -OCH3 is 1. The van der Waals surface area contributed by atoms with Crippen LogP contribution in [0.25, 0.3) is 0 Å². The summed E-state index contributed by atoms with van der Waals surface area (Å²) in [5.41, 5.74) is 0.333. The van der Waals surface area contributed by atoms with Crippen LogP contribution < -0.4 is 4.74 Å². The molecule has 0 bridgehead atoms. The maximum atomic E-state index is 13.8. The first-order valence-corrected chi connectivity index (χ1v) is 6.47. The molecule has 21 heavy (non-hydrogen) atoms. The number of hydrogen-bond acceptors (Lipinski definition) is 3. The molecule has 2 aromatic carbocycles. The van der Waals surface area contributed by atoms with Crippen molar-refractivity contribution in [1.82, 2.24) is 0 Å². The molecule has 1 atom stereocenters. The Balaban J connectivity index is 2.36. The maximum absolute atomic E-state index is 13.8. The van der Waals surface area contributed by atoms with Crippen molar-refractivity contribution < 1.29 is 13.9 Å². The second kappa shape index (κ2) is 6.38. The summed E-state index contributed by atoms with van der Waals surface area (Å²) in [4.78, 5) is 12.3. The summed E-state index contributed by atoms with van der Waals surface area (Å²) >= 11 is 5.66. The van der Waals surface area contributed by atoms with E-state index in [0.717, 1.165) is 6.07 Å². The van der Waals surface area contributed by atoms with Gasteiger partial charge in [0.1, 0.15) is 17.5 Å².